The maximum Gasteiger partial charge on any atom is 0.417 e. The number of urea groups is 1. The summed E-state index contributed by atoms with van der Waals surface area (Å²) in [5.41, 5.74) is 0.136. The number of carbonyl (C=O) groups excluding carboxylic acids is 2. The quantitative estimate of drug-likeness (QED) is 0.638. The van der Waals surface area contributed by atoms with Gasteiger partial charge >= 0.3 is 12.2 Å². The molecule has 140 valence electrons. The van der Waals surface area contributed by atoms with Gasteiger partial charge in [0, 0.05) is 24.0 Å². The zero-order chi connectivity index (χ0) is 18.6. The Bertz CT molecular complexity index is 796. The number of alkyl halides is 3. The zero-order valence-electron chi connectivity index (χ0n) is 13.3. The number of amides is 3. The number of hydrogen-bond donors (Lipinski definition) is 3. The standard InChI is InChI=1S/C16H13ClF3N3O2.ClH/c1-9(24)21-10-2-4-11(5-3-10)22-15(25)23-12-6-7-13(14(17)8-12)16(18,19)20;/h2-8H,1H3,(H,21,24)(H2,22,23,25);1H. The van der Waals surface area contributed by atoms with Crippen LogP contribution >= 0.6 is 24.0 Å². The summed E-state index contributed by atoms with van der Waals surface area (Å²) < 4.78 is 37.9. The first-order chi connectivity index (χ1) is 11.6. The van der Waals surface area contributed by atoms with Crippen LogP contribution in [0.5, 0.6) is 0 Å². The second kappa shape index (κ2) is 8.77. The molecule has 0 atom stereocenters. The molecule has 0 bridgehead atoms. The van der Waals surface area contributed by atoms with Gasteiger partial charge in [0.1, 0.15) is 0 Å². The van der Waals surface area contributed by atoms with Gasteiger partial charge in [-0.3, -0.25) is 4.79 Å². The van der Waals surface area contributed by atoms with Crippen molar-refractivity contribution in [1.82, 2.24) is 0 Å². The monoisotopic (exact) mass is 407 g/mol. The van der Waals surface area contributed by atoms with Crippen LogP contribution in [0, 0.1) is 0 Å². The van der Waals surface area contributed by atoms with E-state index in [0.717, 1.165) is 18.2 Å². The Hall–Kier alpha value is -2.45. The average Bonchev–Trinajstić information content (AvgIpc) is 2.47. The van der Waals surface area contributed by atoms with Crippen LogP contribution in [0.2, 0.25) is 5.02 Å². The summed E-state index contributed by atoms with van der Waals surface area (Å²) in [6.45, 7) is 1.37. The molecule has 0 unspecified atom stereocenters. The average molecular weight is 408 g/mol. The lowest BCUT2D eigenvalue weighted by Gasteiger charge is -2.12. The van der Waals surface area contributed by atoms with Crippen LogP contribution in [0.25, 0.3) is 0 Å². The van der Waals surface area contributed by atoms with Crippen molar-refractivity contribution in [2.45, 2.75) is 13.1 Å². The highest BCUT2D eigenvalue weighted by Crippen LogP contribution is 2.35. The first-order valence-corrected chi connectivity index (χ1v) is 7.35. The molecule has 0 spiro atoms. The maximum absolute atomic E-state index is 12.6. The van der Waals surface area contributed by atoms with Gasteiger partial charge in [-0.25, -0.2) is 4.79 Å². The number of nitrogens with one attached hydrogen (secondary N) is 3. The van der Waals surface area contributed by atoms with E-state index in [4.69, 9.17) is 11.6 Å². The molecule has 0 heterocycles. The molecule has 3 amide bonds. The molecule has 0 aliphatic carbocycles. The molecule has 0 aromatic heterocycles. The predicted molar refractivity (Wildman–Crippen MR) is 97.1 cm³/mol. The first kappa shape index (κ1) is 21.6. The van der Waals surface area contributed by atoms with E-state index >= 15 is 0 Å². The van der Waals surface area contributed by atoms with Gasteiger partial charge in [-0.05, 0) is 42.5 Å². The summed E-state index contributed by atoms with van der Waals surface area (Å²) >= 11 is 5.59. The van der Waals surface area contributed by atoms with Crippen molar-refractivity contribution in [1.29, 1.82) is 0 Å². The number of rotatable bonds is 3. The number of anilines is 3. The SMILES string of the molecule is CC(=O)Nc1ccc(NC(=O)Nc2ccc(C(F)(F)F)c(Cl)c2)cc1.Cl. The summed E-state index contributed by atoms with van der Waals surface area (Å²) in [7, 11) is 0. The smallest absolute Gasteiger partial charge is 0.326 e. The lowest BCUT2D eigenvalue weighted by atomic mass is 10.2. The van der Waals surface area contributed by atoms with Crippen molar-refractivity contribution in [3.05, 3.63) is 53.1 Å². The second-order valence-corrected chi connectivity index (χ2v) is 5.44. The van der Waals surface area contributed by atoms with E-state index in [-0.39, 0.29) is 24.0 Å². The molecule has 0 saturated carbocycles. The molecular weight excluding hydrogens is 394 g/mol. The lowest BCUT2D eigenvalue weighted by Crippen LogP contribution is -2.19. The van der Waals surface area contributed by atoms with Gasteiger partial charge in [-0.15, -0.1) is 12.4 Å². The van der Waals surface area contributed by atoms with E-state index < -0.39 is 22.8 Å². The van der Waals surface area contributed by atoms with Crippen LogP contribution in [0.4, 0.5) is 35.0 Å². The number of halogens is 5. The fourth-order valence-electron chi connectivity index (χ4n) is 1.96. The van der Waals surface area contributed by atoms with Crippen molar-refractivity contribution in [2.24, 2.45) is 0 Å². The number of hydrogen-bond acceptors (Lipinski definition) is 2. The van der Waals surface area contributed by atoms with E-state index in [1.54, 1.807) is 24.3 Å². The van der Waals surface area contributed by atoms with Gasteiger partial charge in [0.25, 0.3) is 0 Å². The highest BCUT2D eigenvalue weighted by atomic mass is 35.5. The Labute approximate surface area is 158 Å². The number of benzene rings is 2. The molecule has 0 radical (unpaired) electrons. The van der Waals surface area contributed by atoms with Gasteiger partial charge in [0.05, 0.1) is 10.6 Å². The van der Waals surface area contributed by atoms with E-state index in [0.29, 0.717) is 11.4 Å². The summed E-state index contributed by atoms with van der Waals surface area (Å²) in [5.74, 6) is -0.224. The van der Waals surface area contributed by atoms with Crippen LogP contribution in [-0.4, -0.2) is 11.9 Å². The Morgan fingerprint density at radius 2 is 1.35 bits per heavy atom. The van der Waals surface area contributed by atoms with E-state index in [1.165, 1.54) is 6.92 Å². The minimum absolute atomic E-state index is 0. The van der Waals surface area contributed by atoms with Crippen LogP contribution in [0.3, 0.4) is 0 Å². The molecule has 0 aliphatic rings. The molecule has 2 aromatic carbocycles. The summed E-state index contributed by atoms with van der Waals surface area (Å²) in [6, 6.07) is 8.56. The summed E-state index contributed by atoms with van der Waals surface area (Å²) in [5, 5.41) is 6.96. The van der Waals surface area contributed by atoms with Crippen molar-refractivity contribution >= 4 is 53.0 Å². The predicted octanol–water partition coefficient (Wildman–Crippen LogP) is 5.38. The molecule has 2 aromatic rings. The van der Waals surface area contributed by atoms with Crippen molar-refractivity contribution in [3.63, 3.8) is 0 Å². The van der Waals surface area contributed by atoms with Crippen LogP contribution in [0.15, 0.2) is 42.5 Å². The number of carbonyl (C=O) groups is 2. The van der Waals surface area contributed by atoms with Crippen molar-refractivity contribution < 1.29 is 22.8 Å². The van der Waals surface area contributed by atoms with Crippen LogP contribution in [0.1, 0.15) is 12.5 Å². The molecule has 0 fully saturated rings. The molecule has 5 nitrogen and oxygen atoms in total. The van der Waals surface area contributed by atoms with E-state index in [9.17, 15) is 22.8 Å². The Morgan fingerprint density at radius 1 is 0.885 bits per heavy atom. The van der Waals surface area contributed by atoms with Crippen LogP contribution < -0.4 is 16.0 Å². The third kappa shape index (κ3) is 6.12. The molecule has 10 heteroatoms. The van der Waals surface area contributed by atoms with Crippen molar-refractivity contribution in [3.8, 4) is 0 Å². The third-order valence-corrected chi connectivity index (χ3v) is 3.31. The highest BCUT2D eigenvalue weighted by Gasteiger charge is 2.33. The summed E-state index contributed by atoms with van der Waals surface area (Å²) in [4.78, 5) is 22.8. The van der Waals surface area contributed by atoms with Crippen LogP contribution in [-0.2, 0) is 11.0 Å². The third-order valence-electron chi connectivity index (χ3n) is 3.00. The van der Waals surface area contributed by atoms with Gasteiger partial charge in [0.2, 0.25) is 5.91 Å². The highest BCUT2D eigenvalue weighted by molar-refractivity contribution is 6.31. The normalized spacial score (nSPS) is 10.5. The van der Waals surface area contributed by atoms with E-state index in [1.807, 2.05) is 0 Å². The summed E-state index contributed by atoms with van der Waals surface area (Å²) in [6.07, 6.45) is -4.56. The maximum atomic E-state index is 12.6. The fraction of sp³-hybridized carbons (Fsp3) is 0.125. The lowest BCUT2D eigenvalue weighted by molar-refractivity contribution is -0.137. The van der Waals surface area contributed by atoms with Gasteiger partial charge in [-0.1, -0.05) is 11.6 Å². The van der Waals surface area contributed by atoms with E-state index in [2.05, 4.69) is 16.0 Å². The van der Waals surface area contributed by atoms with Gasteiger partial charge in [0.15, 0.2) is 0 Å². The topological polar surface area (TPSA) is 70.2 Å². The Kier molecular flexibility index (Phi) is 7.29. The second-order valence-electron chi connectivity index (χ2n) is 5.03. The molecule has 3 N–H and O–H groups in total. The molecule has 0 saturated heterocycles. The Morgan fingerprint density at radius 3 is 1.81 bits per heavy atom. The largest absolute Gasteiger partial charge is 0.417 e. The Balaban J connectivity index is 0.00000338. The fourth-order valence-corrected chi connectivity index (χ4v) is 2.24. The molecule has 26 heavy (non-hydrogen) atoms. The minimum atomic E-state index is -4.56. The zero-order valence-corrected chi connectivity index (χ0v) is 14.9. The minimum Gasteiger partial charge on any atom is -0.326 e. The molecule has 2 rings (SSSR count). The van der Waals surface area contributed by atoms with Crippen molar-refractivity contribution in [2.75, 3.05) is 16.0 Å². The molecule has 0 aliphatic heterocycles. The molecular formula is C16H14Cl2F3N3O2. The van der Waals surface area contributed by atoms with Gasteiger partial charge < -0.3 is 16.0 Å². The van der Waals surface area contributed by atoms with Gasteiger partial charge in [-0.2, -0.15) is 13.2 Å². The first-order valence-electron chi connectivity index (χ1n) is 6.97.